The van der Waals surface area contributed by atoms with E-state index in [1.165, 1.54) is 12.4 Å². The van der Waals surface area contributed by atoms with E-state index in [1.807, 2.05) is 6.92 Å². The highest BCUT2D eigenvalue weighted by atomic mass is 19.4. The number of hydrogen-bond acceptors (Lipinski definition) is 5. The number of nitrogens with one attached hydrogen (secondary N) is 1. The molecule has 0 aliphatic heterocycles. The molecule has 0 saturated heterocycles. The zero-order valence-corrected chi connectivity index (χ0v) is 13.1. The molecule has 2 rings (SSSR count). The number of nitrogens with zero attached hydrogens (tertiary/aromatic N) is 2. The van der Waals surface area contributed by atoms with E-state index in [4.69, 9.17) is 4.74 Å². The fraction of sp³-hybridized carbons (Fsp3) is 0.250. The third-order valence-corrected chi connectivity index (χ3v) is 3.01. The molecule has 6 nitrogen and oxygen atoms in total. The van der Waals surface area contributed by atoms with Crippen molar-refractivity contribution in [2.45, 2.75) is 19.5 Å². The Labute approximate surface area is 141 Å². The second-order valence-corrected chi connectivity index (χ2v) is 4.92. The van der Waals surface area contributed by atoms with Gasteiger partial charge in [0.25, 0.3) is 5.91 Å². The Balaban J connectivity index is 2.17. The van der Waals surface area contributed by atoms with Gasteiger partial charge in [0.15, 0.2) is 11.4 Å². The van der Waals surface area contributed by atoms with Crippen molar-refractivity contribution in [2.24, 2.45) is 0 Å². The second-order valence-electron chi connectivity index (χ2n) is 4.92. The number of anilines is 1. The largest absolute Gasteiger partial charge is 0.461 e. The Kier molecular flexibility index (Phi) is 5.68. The van der Waals surface area contributed by atoms with Crippen molar-refractivity contribution in [3.63, 3.8) is 0 Å². The van der Waals surface area contributed by atoms with Crippen molar-refractivity contribution >= 4 is 17.6 Å². The number of amides is 1. The SMILES string of the molecule is CCCOC(=O)c1nccnc1C(=O)Nc1ccc(C(F)(F)F)cc1. The quantitative estimate of drug-likeness (QED) is 0.834. The molecule has 0 bridgehead atoms. The van der Waals surface area contributed by atoms with Crippen molar-refractivity contribution in [3.05, 3.63) is 53.6 Å². The predicted octanol–water partition coefficient (Wildman–Crippen LogP) is 3.31. The average Bonchev–Trinajstić information content (AvgIpc) is 2.59. The number of halogens is 3. The third kappa shape index (κ3) is 4.75. The molecule has 0 saturated carbocycles. The van der Waals surface area contributed by atoms with E-state index in [-0.39, 0.29) is 23.7 Å². The highest BCUT2D eigenvalue weighted by Gasteiger charge is 2.30. The van der Waals surface area contributed by atoms with Crippen molar-refractivity contribution in [1.82, 2.24) is 9.97 Å². The van der Waals surface area contributed by atoms with Gasteiger partial charge in [0.05, 0.1) is 12.2 Å². The molecule has 0 radical (unpaired) electrons. The summed E-state index contributed by atoms with van der Waals surface area (Å²) >= 11 is 0. The van der Waals surface area contributed by atoms with Gasteiger partial charge < -0.3 is 10.1 Å². The van der Waals surface area contributed by atoms with Crippen molar-refractivity contribution in [2.75, 3.05) is 11.9 Å². The number of hydrogen-bond donors (Lipinski definition) is 1. The topological polar surface area (TPSA) is 81.2 Å². The maximum atomic E-state index is 12.5. The number of benzene rings is 1. The van der Waals surface area contributed by atoms with Gasteiger partial charge in [-0.25, -0.2) is 14.8 Å². The summed E-state index contributed by atoms with van der Waals surface area (Å²) in [5, 5.41) is 2.37. The normalized spacial score (nSPS) is 11.0. The molecular weight excluding hydrogens is 339 g/mol. The molecule has 9 heteroatoms. The maximum Gasteiger partial charge on any atom is 0.416 e. The number of aromatic nitrogens is 2. The number of carbonyl (C=O) groups is 2. The molecule has 0 aliphatic rings. The molecule has 25 heavy (non-hydrogen) atoms. The molecule has 1 heterocycles. The van der Waals surface area contributed by atoms with Gasteiger partial charge in [0, 0.05) is 18.1 Å². The summed E-state index contributed by atoms with van der Waals surface area (Å²) < 4.78 is 42.5. The number of esters is 1. The van der Waals surface area contributed by atoms with E-state index >= 15 is 0 Å². The summed E-state index contributed by atoms with van der Waals surface area (Å²) in [5.41, 5.74) is -1.26. The predicted molar refractivity (Wildman–Crippen MR) is 82.0 cm³/mol. The first-order valence-electron chi connectivity index (χ1n) is 7.29. The summed E-state index contributed by atoms with van der Waals surface area (Å²) in [7, 11) is 0. The standard InChI is InChI=1S/C16H14F3N3O3/c1-2-9-25-15(24)13-12(20-7-8-21-13)14(23)22-11-5-3-10(4-6-11)16(17,18)19/h3-8H,2,9H2,1H3,(H,22,23). The van der Waals surface area contributed by atoms with Crippen LogP contribution >= 0.6 is 0 Å². The molecular formula is C16H14F3N3O3. The zero-order chi connectivity index (χ0) is 18.4. The van der Waals surface area contributed by atoms with Crippen LogP contribution in [0.2, 0.25) is 0 Å². The van der Waals surface area contributed by atoms with Crippen molar-refractivity contribution in [1.29, 1.82) is 0 Å². The minimum absolute atomic E-state index is 0.122. The lowest BCUT2D eigenvalue weighted by Crippen LogP contribution is -2.21. The van der Waals surface area contributed by atoms with E-state index in [0.717, 1.165) is 24.3 Å². The van der Waals surface area contributed by atoms with E-state index in [9.17, 15) is 22.8 Å². The van der Waals surface area contributed by atoms with E-state index < -0.39 is 23.6 Å². The molecule has 0 unspecified atom stereocenters. The lowest BCUT2D eigenvalue weighted by atomic mass is 10.2. The Morgan fingerprint density at radius 1 is 1.08 bits per heavy atom. The van der Waals surface area contributed by atoms with Crippen LogP contribution < -0.4 is 5.32 Å². The van der Waals surface area contributed by atoms with Crippen molar-refractivity contribution in [3.8, 4) is 0 Å². The van der Waals surface area contributed by atoms with Gasteiger partial charge in [-0.1, -0.05) is 6.92 Å². The third-order valence-electron chi connectivity index (χ3n) is 3.01. The Morgan fingerprint density at radius 3 is 2.24 bits per heavy atom. The molecule has 2 aromatic rings. The number of rotatable bonds is 5. The summed E-state index contributed by atoms with van der Waals surface area (Å²) in [6, 6.07) is 3.88. The summed E-state index contributed by atoms with van der Waals surface area (Å²) in [5.74, 6) is -1.58. The maximum absolute atomic E-state index is 12.5. The van der Waals surface area contributed by atoms with Gasteiger partial charge >= 0.3 is 12.1 Å². The molecule has 1 amide bonds. The highest BCUT2D eigenvalue weighted by Crippen LogP contribution is 2.29. The van der Waals surface area contributed by atoms with Crippen LogP contribution in [-0.4, -0.2) is 28.5 Å². The first-order chi connectivity index (χ1) is 11.8. The van der Waals surface area contributed by atoms with Crippen LogP contribution in [0.15, 0.2) is 36.7 Å². The van der Waals surface area contributed by atoms with Crippen molar-refractivity contribution < 1.29 is 27.5 Å². The first kappa shape index (κ1) is 18.4. The smallest absolute Gasteiger partial charge is 0.416 e. The fourth-order valence-electron chi connectivity index (χ4n) is 1.85. The van der Waals surface area contributed by atoms with Gasteiger partial charge in [-0.15, -0.1) is 0 Å². The minimum atomic E-state index is -4.47. The minimum Gasteiger partial charge on any atom is -0.461 e. The summed E-state index contributed by atoms with van der Waals surface area (Å²) in [6.45, 7) is 1.97. The van der Waals surface area contributed by atoms with Gasteiger partial charge in [-0.2, -0.15) is 13.2 Å². The van der Waals surface area contributed by atoms with Gasteiger partial charge in [-0.05, 0) is 30.7 Å². The molecule has 1 aromatic heterocycles. The molecule has 1 aromatic carbocycles. The fourth-order valence-corrected chi connectivity index (χ4v) is 1.85. The van der Waals surface area contributed by atoms with E-state index in [1.54, 1.807) is 0 Å². The Bertz CT molecular complexity index is 761. The number of alkyl halides is 3. The summed E-state index contributed by atoms with van der Waals surface area (Å²) in [4.78, 5) is 31.8. The van der Waals surface area contributed by atoms with Crippen LogP contribution in [-0.2, 0) is 10.9 Å². The van der Waals surface area contributed by atoms with Gasteiger partial charge in [-0.3, -0.25) is 4.79 Å². The zero-order valence-electron chi connectivity index (χ0n) is 13.1. The van der Waals surface area contributed by atoms with E-state index in [0.29, 0.717) is 6.42 Å². The molecule has 0 spiro atoms. The van der Waals surface area contributed by atoms with Crippen LogP contribution in [0, 0.1) is 0 Å². The summed E-state index contributed by atoms with van der Waals surface area (Å²) in [6.07, 6.45) is -1.42. The monoisotopic (exact) mass is 353 g/mol. The van der Waals surface area contributed by atoms with Crippen LogP contribution in [0.4, 0.5) is 18.9 Å². The van der Waals surface area contributed by atoms with Gasteiger partial charge in [0.1, 0.15) is 0 Å². The molecule has 0 aliphatic carbocycles. The number of ether oxygens (including phenoxy) is 1. The first-order valence-corrected chi connectivity index (χ1v) is 7.29. The molecule has 132 valence electrons. The molecule has 1 N–H and O–H groups in total. The lowest BCUT2D eigenvalue weighted by Gasteiger charge is -2.10. The number of carbonyl (C=O) groups excluding carboxylic acids is 2. The molecule has 0 fully saturated rings. The highest BCUT2D eigenvalue weighted by molar-refractivity contribution is 6.08. The van der Waals surface area contributed by atoms with Crippen LogP contribution in [0.1, 0.15) is 39.9 Å². The molecule has 0 atom stereocenters. The Hall–Kier alpha value is -2.97. The lowest BCUT2D eigenvalue weighted by molar-refractivity contribution is -0.137. The van der Waals surface area contributed by atoms with Crippen LogP contribution in [0.25, 0.3) is 0 Å². The Morgan fingerprint density at radius 2 is 1.68 bits per heavy atom. The second kappa shape index (κ2) is 7.73. The van der Waals surface area contributed by atoms with E-state index in [2.05, 4.69) is 15.3 Å². The van der Waals surface area contributed by atoms with Crippen LogP contribution in [0.5, 0.6) is 0 Å². The van der Waals surface area contributed by atoms with Gasteiger partial charge in [0.2, 0.25) is 0 Å². The average molecular weight is 353 g/mol. The van der Waals surface area contributed by atoms with Crippen LogP contribution in [0.3, 0.4) is 0 Å².